The van der Waals surface area contributed by atoms with Crippen molar-refractivity contribution in [3.05, 3.63) is 58.1 Å². The molecule has 0 saturated heterocycles. The third kappa shape index (κ3) is 3.37. The minimum absolute atomic E-state index is 0.107. The zero-order valence-corrected chi connectivity index (χ0v) is 15.5. The Hall–Kier alpha value is -2.94. The Morgan fingerprint density at radius 1 is 1.30 bits per heavy atom. The second-order valence-electron chi connectivity index (χ2n) is 5.97. The average Bonchev–Trinajstić information content (AvgIpc) is 3.26. The largest absolute Gasteiger partial charge is 0.353 e. The molecule has 4 rings (SSSR count). The highest BCUT2D eigenvalue weighted by molar-refractivity contribution is 7.98. The van der Waals surface area contributed by atoms with Crippen LogP contribution in [-0.4, -0.2) is 24.7 Å². The van der Waals surface area contributed by atoms with E-state index in [4.69, 9.17) is 4.52 Å². The van der Waals surface area contributed by atoms with Gasteiger partial charge in [-0.3, -0.25) is 9.36 Å². The van der Waals surface area contributed by atoms with Gasteiger partial charge in [-0.1, -0.05) is 29.1 Å². The lowest BCUT2D eigenvalue weighted by Gasteiger charge is -2.08. The SMILES string of the molecule is CCn1c(SCc2nc(-c3cccc(F)c3)no2)nc2cc(C)[nH]c2c1=O. The molecule has 0 aliphatic rings. The van der Waals surface area contributed by atoms with Crippen LogP contribution in [0, 0.1) is 12.7 Å². The molecule has 0 aliphatic heterocycles. The van der Waals surface area contributed by atoms with E-state index in [0.717, 1.165) is 5.69 Å². The van der Waals surface area contributed by atoms with Crippen LogP contribution in [0.3, 0.4) is 0 Å². The Kier molecular flexibility index (Phi) is 4.53. The molecule has 3 heterocycles. The molecule has 0 radical (unpaired) electrons. The second kappa shape index (κ2) is 6.99. The predicted octanol–water partition coefficient (Wildman–Crippen LogP) is 3.53. The van der Waals surface area contributed by atoms with E-state index in [1.54, 1.807) is 16.7 Å². The zero-order chi connectivity index (χ0) is 19.0. The maximum absolute atomic E-state index is 13.3. The van der Waals surface area contributed by atoms with E-state index in [2.05, 4.69) is 20.1 Å². The van der Waals surface area contributed by atoms with Gasteiger partial charge in [-0.2, -0.15) is 4.98 Å². The quantitative estimate of drug-likeness (QED) is 0.417. The van der Waals surface area contributed by atoms with Crippen molar-refractivity contribution >= 4 is 22.8 Å². The van der Waals surface area contributed by atoms with Gasteiger partial charge in [-0.15, -0.1) is 0 Å². The number of halogens is 1. The van der Waals surface area contributed by atoms with Crippen LogP contribution in [0.4, 0.5) is 4.39 Å². The highest BCUT2D eigenvalue weighted by Gasteiger charge is 2.15. The molecule has 1 N–H and O–H groups in total. The van der Waals surface area contributed by atoms with Crippen molar-refractivity contribution in [2.45, 2.75) is 31.3 Å². The summed E-state index contributed by atoms with van der Waals surface area (Å²) in [5.74, 6) is 0.688. The number of aryl methyl sites for hydroxylation is 1. The van der Waals surface area contributed by atoms with Gasteiger partial charge >= 0.3 is 0 Å². The van der Waals surface area contributed by atoms with Crippen molar-refractivity contribution in [3.8, 4) is 11.4 Å². The van der Waals surface area contributed by atoms with Crippen LogP contribution in [0.15, 0.2) is 44.8 Å². The molecule has 0 unspecified atom stereocenters. The molecule has 0 bridgehead atoms. The molecule has 138 valence electrons. The fraction of sp³-hybridized carbons (Fsp3) is 0.222. The predicted molar refractivity (Wildman–Crippen MR) is 100 cm³/mol. The van der Waals surface area contributed by atoms with Gasteiger partial charge in [0, 0.05) is 17.8 Å². The minimum atomic E-state index is -0.362. The number of fused-ring (bicyclic) bond motifs is 1. The van der Waals surface area contributed by atoms with Gasteiger partial charge in [-0.05, 0) is 32.0 Å². The summed E-state index contributed by atoms with van der Waals surface area (Å²) in [5, 5.41) is 4.48. The number of benzene rings is 1. The van der Waals surface area contributed by atoms with Gasteiger partial charge in [0.2, 0.25) is 11.7 Å². The summed E-state index contributed by atoms with van der Waals surface area (Å²) >= 11 is 1.34. The first-order valence-corrected chi connectivity index (χ1v) is 9.35. The zero-order valence-electron chi connectivity index (χ0n) is 14.7. The lowest BCUT2D eigenvalue weighted by Crippen LogP contribution is -2.22. The minimum Gasteiger partial charge on any atom is -0.353 e. The first kappa shape index (κ1) is 17.5. The van der Waals surface area contributed by atoms with Crippen LogP contribution in [0.1, 0.15) is 18.5 Å². The number of hydrogen-bond donors (Lipinski definition) is 1. The van der Waals surface area contributed by atoms with E-state index in [1.165, 1.54) is 23.9 Å². The van der Waals surface area contributed by atoms with Gasteiger partial charge in [0.15, 0.2) is 5.16 Å². The van der Waals surface area contributed by atoms with E-state index in [9.17, 15) is 9.18 Å². The Labute approximate surface area is 157 Å². The Morgan fingerprint density at radius 3 is 2.93 bits per heavy atom. The number of aromatic nitrogens is 5. The molecular weight excluding hydrogens is 369 g/mol. The summed E-state index contributed by atoms with van der Waals surface area (Å²) in [6.45, 7) is 4.28. The summed E-state index contributed by atoms with van der Waals surface area (Å²) in [5.41, 5.74) is 2.46. The standard InChI is InChI=1S/C18H16FN5O2S/c1-3-24-17(25)15-13(7-10(2)20-15)21-18(24)27-9-14-22-16(23-26-14)11-5-4-6-12(19)8-11/h4-8,20H,3,9H2,1-2H3. The number of nitrogens with one attached hydrogen (secondary N) is 1. The molecule has 3 aromatic heterocycles. The van der Waals surface area contributed by atoms with Crippen LogP contribution in [0.2, 0.25) is 0 Å². The smallest absolute Gasteiger partial charge is 0.278 e. The van der Waals surface area contributed by atoms with Crippen molar-refractivity contribution in [2.24, 2.45) is 0 Å². The molecule has 0 amide bonds. The van der Waals surface area contributed by atoms with E-state index in [0.29, 0.717) is 45.8 Å². The molecule has 9 heteroatoms. The topological polar surface area (TPSA) is 89.6 Å². The molecule has 27 heavy (non-hydrogen) atoms. The second-order valence-corrected chi connectivity index (χ2v) is 6.91. The van der Waals surface area contributed by atoms with E-state index >= 15 is 0 Å². The number of aromatic amines is 1. The van der Waals surface area contributed by atoms with Gasteiger partial charge in [0.1, 0.15) is 11.3 Å². The van der Waals surface area contributed by atoms with Crippen molar-refractivity contribution in [3.63, 3.8) is 0 Å². The normalized spacial score (nSPS) is 11.4. The number of rotatable bonds is 5. The number of hydrogen-bond acceptors (Lipinski definition) is 6. The van der Waals surface area contributed by atoms with Crippen molar-refractivity contribution in [1.29, 1.82) is 0 Å². The van der Waals surface area contributed by atoms with Crippen LogP contribution >= 0.6 is 11.8 Å². The van der Waals surface area contributed by atoms with Crippen LogP contribution in [0.5, 0.6) is 0 Å². The summed E-state index contributed by atoms with van der Waals surface area (Å²) in [4.78, 5) is 24.5. The molecule has 1 aromatic carbocycles. The molecule has 0 aliphatic carbocycles. The first-order valence-electron chi connectivity index (χ1n) is 8.36. The number of H-pyrrole nitrogens is 1. The maximum atomic E-state index is 13.3. The summed E-state index contributed by atoms with van der Waals surface area (Å²) in [6.07, 6.45) is 0. The van der Waals surface area contributed by atoms with Crippen molar-refractivity contribution in [2.75, 3.05) is 0 Å². The summed E-state index contributed by atoms with van der Waals surface area (Å²) in [7, 11) is 0. The molecular formula is C18H16FN5O2S. The van der Waals surface area contributed by atoms with Gasteiger partial charge in [-0.25, -0.2) is 9.37 Å². The Balaban J connectivity index is 1.60. The lowest BCUT2D eigenvalue weighted by atomic mass is 10.2. The van der Waals surface area contributed by atoms with E-state index in [1.807, 2.05) is 19.9 Å². The van der Waals surface area contributed by atoms with E-state index < -0.39 is 0 Å². The van der Waals surface area contributed by atoms with Crippen LogP contribution < -0.4 is 5.56 Å². The fourth-order valence-corrected chi connectivity index (χ4v) is 3.69. The highest BCUT2D eigenvalue weighted by atomic mass is 32.2. The Bertz CT molecular complexity index is 1180. The summed E-state index contributed by atoms with van der Waals surface area (Å²) in [6, 6.07) is 7.85. The fourth-order valence-electron chi connectivity index (χ4n) is 2.78. The molecule has 7 nitrogen and oxygen atoms in total. The third-order valence-electron chi connectivity index (χ3n) is 4.03. The molecule has 0 spiro atoms. The monoisotopic (exact) mass is 385 g/mol. The molecule has 0 atom stereocenters. The Morgan fingerprint density at radius 2 is 2.15 bits per heavy atom. The first-order chi connectivity index (χ1) is 13.0. The van der Waals surface area contributed by atoms with Crippen LogP contribution in [0.25, 0.3) is 22.4 Å². The highest BCUT2D eigenvalue weighted by Crippen LogP contribution is 2.23. The maximum Gasteiger partial charge on any atom is 0.278 e. The third-order valence-corrected chi connectivity index (χ3v) is 4.99. The van der Waals surface area contributed by atoms with Gasteiger partial charge < -0.3 is 9.51 Å². The van der Waals surface area contributed by atoms with Crippen molar-refractivity contribution < 1.29 is 8.91 Å². The van der Waals surface area contributed by atoms with Gasteiger partial charge in [0.25, 0.3) is 5.56 Å². The number of thioether (sulfide) groups is 1. The molecule has 4 aromatic rings. The van der Waals surface area contributed by atoms with E-state index in [-0.39, 0.29) is 11.4 Å². The molecule has 0 fully saturated rings. The number of nitrogens with zero attached hydrogens (tertiary/aromatic N) is 4. The lowest BCUT2D eigenvalue weighted by molar-refractivity contribution is 0.391. The molecule has 0 saturated carbocycles. The average molecular weight is 385 g/mol. The summed E-state index contributed by atoms with van der Waals surface area (Å²) < 4.78 is 20.2. The van der Waals surface area contributed by atoms with Crippen molar-refractivity contribution in [1.82, 2.24) is 24.7 Å². The van der Waals surface area contributed by atoms with Gasteiger partial charge in [0.05, 0.1) is 11.3 Å². The van der Waals surface area contributed by atoms with Crippen LogP contribution in [-0.2, 0) is 12.3 Å².